The van der Waals surface area contributed by atoms with E-state index in [9.17, 15) is 39.6 Å². The number of benzene rings is 3. The summed E-state index contributed by atoms with van der Waals surface area (Å²) in [6, 6.07) is 15.5. The number of aliphatic imine (C=N–C) groups is 1. The predicted octanol–water partition coefficient (Wildman–Crippen LogP) is 5.25. The first-order chi connectivity index (χ1) is 26.5. The molecule has 0 saturated carbocycles. The number of halogens is 6. The van der Waals surface area contributed by atoms with Crippen molar-refractivity contribution in [2.45, 2.75) is 38.2 Å². The van der Waals surface area contributed by atoms with Crippen LogP contribution in [0.1, 0.15) is 10.4 Å². The van der Waals surface area contributed by atoms with Gasteiger partial charge in [-0.25, -0.2) is 23.6 Å². The molecule has 0 radical (unpaired) electrons. The zero-order chi connectivity index (χ0) is 44.6. The van der Waals surface area contributed by atoms with Crippen molar-refractivity contribution in [1.82, 2.24) is 0 Å². The second kappa shape index (κ2) is 18.9. The Balaban J connectivity index is 0.000000707. The van der Waals surface area contributed by atoms with Crippen LogP contribution in [0.15, 0.2) is 94.4 Å². The number of hydrogen-bond acceptors (Lipinski definition) is 11. The number of carbonyl (C=O) groups is 3. The molecule has 0 saturated heterocycles. The van der Waals surface area contributed by atoms with E-state index in [0.717, 1.165) is 11.3 Å². The summed E-state index contributed by atoms with van der Waals surface area (Å²) in [5.74, 6) is -5.91. The van der Waals surface area contributed by atoms with E-state index in [1.807, 2.05) is 0 Å². The largest absolute Gasteiger partial charge is 0.490 e. The predicted molar refractivity (Wildman–Crippen MR) is 205 cm³/mol. The van der Waals surface area contributed by atoms with Gasteiger partial charge in [0.05, 0.1) is 29.5 Å². The van der Waals surface area contributed by atoms with Crippen LogP contribution in [0, 0.1) is 12.3 Å². The zero-order valence-corrected chi connectivity index (χ0v) is 32.6. The molecule has 0 spiro atoms. The standard InChI is InChI=1S/C27H29N9O4S4.2C2HF3O2/c1-14-10-17(34-26(31)32)12-20(28)23(14)15-4-3-5-19(11-15)43(38,22-13-21(24(29)30)42-25(22)41-2)36-44(39,40)18-8-6-16(7-9-18)35-27(33)37;2*3-2(4,5)1(6)7/h3-13H,28H2,1-2H3,(H3,29,30)(H4,31,32,34)(H3,33,35,37);2*(H,6,7). The van der Waals surface area contributed by atoms with Gasteiger partial charge in [-0.05, 0) is 78.9 Å². The van der Waals surface area contributed by atoms with Crippen molar-refractivity contribution in [2.24, 2.45) is 31.7 Å². The number of nitrogens with two attached hydrogens (primary N) is 5. The number of primary amides is 1. The van der Waals surface area contributed by atoms with Crippen molar-refractivity contribution in [1.29, 1.82) is 5.41 Å². The molecule has 314 valence electrons. The number of nitrogens with zero attached hydrogens (tertiary/aromatic N) is 2. The first-order valence-electron chi connectivity index (χ1n) is 15.0. The molecular weight excluding hydrogens is 869 g/mol. The van der Waals surface area contributed by atoms with E-state index in [1.165, 1.54) is 48.2 Å². The summed E-state index contributed by atoms with van der Waals surface area (Å²) in [6.45, 7) is 1.80. The number of guanidine groups is 1. The number of carboxylic acid groups (broad SMARTS) is 2. The Bertz CT molecular complexity index is 2430. The molecule has 14 N–H and O–H groups in total. The number of aliphatic carboxylic acids is 2. The van der Waals surface area contributed by atoms with Crippen LogP contribution in [-0.2, 0) is 29.3 Å². The second-order valence-corrected chi connectivity index (χ2v) is 17.0. The van der Waals surface area contributed by atoms with Gasteiger partial charge in [-0.2, -0.15) is 34.8 Å². The Kier molecular flexibility index (Phi) is 15.7. The van der Waals surface area contributed by atoms with Crippen LogP contribution < -0.4 is 34.0 Å². The number of sulfonamides is 1. The fourth-order valence-electron chi connectivity index (χ4n) is 4.30. The number of nitrogen functional groups attached to an aromatic ring is 2. The van der Waals surface area contributed by atoms with Crippen molar-refractivity contribution < 1.29 is 63.6 Å². The number of anilines is 2. The SMILES string of the molecule is CSc1sc(C(=N)N)cc1S(=O)(=NS(=O)(=O)c1ccc(NC(N)=O)cc1)c1cccc(-c2c(C)cc(N=C(N)N)cc2N)c1.O=C(O)C(F)(F)F.O=C(O)C(F)(F)F. The molecule has 4 rings (SSSR count). The number of alkyl halides is 6. The molecule has 1 unspecified atom stereocenters. The normalized spacial score (nSPS) is 12.3. The van der Waals surface area contributed by atoms with Gasteiger partial charge in [-0.3, -0.25) is 5.41 Å². The maximum atomic E-state index is 15.1. The van der Waals surface area contributed by atoms with Crippen LogP contribution >= 0.6 is 23.1 Å². The summed E-state index contributed by atoms with van der Waals surface area (Å²) in [5.41, 5.74) is 31.2. The van der Waals surface area contributed by atoms with Crippen molar-refractivity contribution in [3.63, 3.8) is 0 Å². The van der Waals surface area contributed by atoms with Crippen LogP contribution in [-0.4, -0.2) is 71.2 Å². The summed E-state index contributed by atoms with van der Waals surface area (Å²) in [4.78, 5) is 33.2. The Morgan fingerprint density at radius 3 is 1.81 bits per heavy atom. The maximum absolute atomic E-state index is 15.1. The number of nitrogens with one attached hydrogen (secondary N) is 2. The average Bonchev–Trinajstić information content (AvgIpc) is 3.53. The smallest absolute Gasteiger partial charge is 0.475 e. The van der Waals surface area contributed by atoms with Gasteiger partial charge in [0.1, 0.15) is 15.6 Å². The molecular formula is C31H31F6N9O8S4. The lowest BCUT2D eigenvalue weighted by atomic mass is 9.98. The number of rotatable bonds is 9. The molecule has 1 aromatic heterocycles. The fraction of sp³-hybridized carbons (Fsp3) is 0.129. The molecule has 0 aliphatic rings. The van der Waals surface area contributed by atoms with E-state index < -0.39 is 50.1 Å². The number of thiophene rings is 1. The van der Waals surface area contributed by atoms with Gasteiger partial charge in [0.15, 0.2) is 5.96 Å². The highest BCUT2D eigenvalue weighted by molar-refractivity contribution is 8.05. The number of thioether (sulfide) groups is 1. The molecule has 0 bridgehead atoms. The third-order valence-corrected chi connectivity index (χ3v) is 13.4. The summed E-state index contributed by atoms with van der Waals surface area (Å²) >= 11 is 2.33. The van der Waals surface area contributed by atoms with Gasteiger partial charge in [0.2, 0.25) is 0 Å². The number of carboxylic acids is 2. The van der Waals surface area contributed by atoms with Crippen molar-refractivity contribution >= 4 is 89.7 Å². The van der Waals surface area contributed by atoms with Crippen molar-refractivity contribution in [3.05, 3.63) is 77.2 Å². The number of amidine groups is 1. The van der Waals surface area contributed by atoms with Gasteiger partial charge in [0, 0.05) is 16.9 Å². The van der Waals surface area contributed by atoms with Gasteiger partial charge in [-0.15, -0.1) is 23.1 Å². The number of aryl methyl sites for hydroxylation is 1. The van der Waals surface area contributed by atoms with E-state index in [0.29, 0.717) is 37.2 Å². The minimum absolute atomic E-state index is 0.0842. The van der Waals surface area contributed by atoms with E-state index >= 15 is 4.21 Å². The molecule has 17 nitrogen and oxygen atoms in total. The Morgan fingerprint density at radius 1 is 0.845 bits per heavy atom. The average molecular weight is 900 g/mol. The third-order valence-electron chi connectivity index (χ3n) is 6.57. The monoisotopic (exact) mass is 899 g/mol. The highest BCUT2D eigenvalue weighted by Crippen LogP contribution is 2.41. The van der Waals surface area contributed by atoms with Crippen LogP contribution in [0.3, 0.4) is 0 Å². The number of amides is 2. The van der Waals surface area contributed by atoms with E-state index in [-0.39, 0.29) is 32.2 Å². The van der Waals surface area contributed by atoms with Crippen molar-refractivity contribution in [3.8, 4) is 11.1 Å². The van der Waals surface area contributed by atoms with E-state index in [1.54, 1.807) is 43.5 Å². The summed E-state index contributed by atoms with van der Waals surface area (Å²) in [5, 5.41) is 24.5. The lowest BCUT2D eigenvalue weighted by molar-refractivity contribution is -0.193. The molecule has 1 heterocycles. The summed E-state index contributed by atoms with van der Waals surface area (Å²) in [6.07, 6.45) is -8.43. The first-order valence-corrected chi connectivity index (χ1v) is 20.0. The molecule has 0 aliphatic heterocycles. The fourth-order valence-corrected chi connectivity index (χ4v) is 10.8. The van der Waals surface area contributed by atoms with Gasteiger partial charge < -0.3 is 44.2 Å². The summed E-state index contributed by atoms with van der Waals surface area (Å²) < 4.78 is 110. The maximum Gasteiger partial charge on any atom is 0.490 e. The topological polar surface area (TPSA) is 334 Å². The Labute approximate surface area is 333 Å². The third kappa shape index (κ3) is 13.0. The number of carbonyl (C=O) groups excluding carboxylic acids is 1. The molecule has 4 aromatic rings. The second-order valence-electron chi connectivity index (χ2n) is 10.9. The van der Waals surface area contributed by atoms with E-state index in [4.69, 9.17) is 53.9 Å². The van der Waals surface area contributed by atoms with Gasteiger partial charge in [-0.1, -0.05) is 15.9 Å². The lowest BCUT2D eigenvalue weighted by Gasteiger charge is -2.15. The number of hydrogen-bond donors (Lipinski definition) is 9. The highest BCUT2D eigenvalue weighted by Gasteiger charge is 2.39. The highest BCUT2D eigenvalue weighted by atomic mass is 32.3. The van der Waals surface area contributed by atoms with Crippen LogP contribution in [0.5, 0.6) is 0 Å². The molecule has 0 aliphatic carbocycles. The quantitative estimate of drug-likeness (QED) is 0.0341. The summed E-state index contributed by atoms with van der Waals surface area (Å²) in [7, 11) is -8.48. The molecule has 58 heavy (non-hydrogen) atoms. The first kappa shape index (κ1) is 48.1. The Hall–Kier alpha value is -6.06. The van der Waals surface area contributed by atoms with Crippen molar-refractivity contribution in [2.75, 3.05) is 17.3 Å². The molecule has 27 heteroatoms. The molecule has 3 aromatic carbocycles. The van der Waals surface area contributed by atoms with Crippen LogP contribution in [0.4, 0.5) is 48.2 Å². The lowest BCUT2D eigenvalue weighted by Crippen LogP contribution is -2.21. The van der Waals surface area contributed by atoms with Gasteiger partial charge in [0.25, 0.3) is 10.0 Å². The zero-order valence-electron chi connectivity index (χ0n) is 29.4. The van der Waals surface area contributed by atoms with Crippen LogP contribution in [0.25, 0.3) is 11.1 Å². The molecule has 1 atom stereocenters. The van der Waals surface area contributed by atoms with Crippen LogP contribution in [0.2, 0.25) is 0 Å². The Morgan fingerprint density at radius 2 is 1.38 bits per heavy atom. The molecule has 2 amide bonds. The molecule has 0 fully saturated rings. The van der Waals surface area contributed by atoms with Gasteiger partial charge >= 0.3 is 30.3 Å². The van der Waals surface area contributed by atoms with E-state index in [2.05, 4.69) is 14.1 Å². The number of urea groups is 1. The minimum Gasteiger partial charge on any atom is -0.475 e. The minimum atomic E-state index is -5.08.